The van der Waals surface area contributed by atoms with Crippen LogP contribution in [0.1, 0.15) is 37.4 Å². The van der Waals surface area contributed by atoms with Crippen molar-refractivity contribution in [2.75, 3.05) is 21.3 Å². The van der Waals surface area contributed by atoms with Crippen molar-refractivity contribution in [3.05, 3.63) is 145 Å². The Bertz CT molecular complexity index is 3060. The number of hydrogen-bond acceptors (Lipinski definition) is 10. The summed E-state index contributed by atoms with van der Waals surface area (Å²) >= 11 is 0. The van der Waals surface area contributed by atoms with Gasteiger partial charge in [0.25, 0.3) is 0 Å². The summed E-state index contributed by atoms with van der Waals surface area (Å²) in [5.41, 5.74) is 3.89. The van der Waals surface area contributed by atoms with Crippen molar-refractivity contribution in [3.8, 4) is 45.5 Å². The predicted octanol–water partition coefficient (Wildman–Crippen LogP) is 10.4. The molecule has 0 spiro atoms. The zero-order chi connectivity index (χ0) is 47.0. The quantitative estimate of drug-likeness (QED) is 0.0908. The van der Waals surface area contributed by atoms with Gasteiger partial charge in [-0.05, 0) is 56.2 Å². The number of ether oxygens (including phenoxy) is 2. The molecule has 4 N–H and O–H groups in total. The number of amides is 4. The van der Waals surface area contributed by atoms with Crippen LogP contribution < -0.4 is 30.7 Å². The van der Waals surface area contributed by atoms with Gasteiger partial charge in [-0.3, -0.25) is 29.0 Å². The molecule has 1 saturated carbocycles. The van der Waals surface area contributed by atoms with E-state index in [0.717, 1.165) is 60.8 Å². The van der Waals surface area contributed by atoms with Crippen LogP contribution in [-0.4, -0.2) is 56.4 Å². The molecule has 4 amide bonds. The lowest BCUT2D eigenvalue weighted by Gasteiger charge is -2.13. The highest BCUT2D eigenvalue weighted by molar-refractivity contribution is 6.00. The van der Waals surface area contributed by atoms with Crippen LogP contribution in [0.5, 0.6) is 23.0 Å². The first-order valence-electron chi connectivity index (χ1n) is 20.7. The van der Waals surface area contributed by atoms with Gasteiger partial charge in [0.15, 0.2) is 11.6 Å². The summed E-state index contributed by atoms with van der Waals surface area (Å²) < 4.78 is 73.6. The number of nitrogens with zero attached hydrogens (tertiary/aromatic N) is 9. The molecule has 17 nitrogen and oxygen atoms in total. The van der Waals surface area contributed by atoms with E-state index in [-0.39, 0.29) is 34.3 Å². The van der Waals surface area contributed by atoms with Gasteiger partial charge in [-0.25, -0.2) is 22.8 Å². The van der Waals surface area contributed by atoms with Gasteiger partial charge < -0.3 is 30.7 Å². The standard InChI is InChI=1S/C25H25F2N7O2.C21H16F2N6O2/c1-15-21(13-30-34(15)17-5-3-4-6-17)32-25(35)31-19-7-8-22(24(27)23(19)26)36-18-9-10-28-20(11-18)16-12-29-33(2)14-16;1-29-12-13(9-26-29)20-8-17(4-5-25-20)31-16-2-3-19(18(23)7-16)28-21(30)27-15-6-14(22)10-24-11-15/h7-14,17H,3-6H2,1-2H3,(H2,31,32,35);2-12H,1H3,(H2,27,28,30). The Hall–Kier alpha value is -8.62. The summed E-state index contributed by atoms with van der Waals surface area (Å²) in [5.74, 6) is -3.11. The molecule has 9 rings (SSSR count). The number of halogens is 4. The van der Waals surface area contributed by atoms with Crippen LogP contribution >= 0.6 is 0 Å². The Labute approximate surface area is 379 Å². The fourth-order valence-corrected chi connectivity index (χ4v) is 7.11. The van der Waals surface area contributed by atoms with E-state index in [1.165, 1.54) is 42.7 Å². The molecule has 1 aliphatic carbocycles. The van der Waals surface area contributed by atoms with Crippen LogP contribution in [0.25, 0.3) is 22.5 Å². The number of aryl methyl sites for hydroxylation is 2. The molecule has 342 valence electrons. The van der Waals surface area contributed by atoms with Crippen LogP contribution in [0.15, 0.2) is 116 Å². The molecule has 1 fully saturated rings. The van der Waals surface area contributed by atoms with Crippen LogP contribution in [0.4, 0.5) is 49.9 Å². The van der Waals surface area contributed by atoms with Crippen molar-refractivity contribution in [1.82, 2.24) is 44.3 Å². The lowest BCUT2D eigenvalue weighted by atomic mass is 10.2. The predicted molar refractivity (Wildman–Crippen MR) is 240 cm³/mol. The highest BCUT2D eigenvalue weighted by Gasteiger charge is 2.22. The Kier molecular flexibility index (Phi) is 13.5. The van der Waals surface area contributed by atoms with Gasteiger partial charge in [0.05, 0.1) is 76.9 Å². The topological polar surface area (TPSA) is 193 Å². The van der Waals surface area contributed by atoms with E-state index < -0.39 is 35.3 Å². The number of nitrogens with one attached hydrogen (secondary N) is 4. The number of urea groups is 2. The van der Waals surface area contributed by atoms with E-state index in [1.54, 1.807) is 72.6 Å². The number of aromatic nitrogens is 9. The monoisotopic (exact) mass is 915 g/mol. The first kappa shape index (κ1) is 45.0. The Morgan fingerprint density at radius 3 is 1.85 bits per heavy atom. The average molecular weight is 916 g/mol. The molecule has 21 heteroatoms. The van der Waals surface area contributed by atoms with Gasteiger partial charge in [-0.1, -0.05) is 12.8 Å². The fraction of sp³-hybridized carbons (Fsp3) is 0.174. The van der Waals surface area contributed by atoms with E-state index >= 15 is 0 Å². The third kappa shape index (κ3) is 11.2. The van der Waals surface area contributed by atoms with Crippen LogP contribution in [0, 0.1) is 30.2 Å². The second-order valence-electron chi connectivity index (χ2n) is 15.2. The maximum absolute atomic E-state index is 14.8. The van der Waals surface area contributed by atoms with Crippen molar-refractivity contribution in [2.24, 2.45) is 14.1 Å². The Balaban J connectivity index is 0.000000184. The summed E-state index contributed by atoms with van der Waals surface area (Å²) in [7, 11) is 3.58. The Morgan fingerprint density at radius 1 is 0.627 bits per heavy atom. The highest BCUT2D eigenvalue weighted by atomic mass is 19.2. The molecule has 6 heterocycles. The molecule has 0 unspecified atom stereocenters. The normalized spacial score (nSPS) is 12.2. The number of pyridine rings is 3. The smallest absolute Gasteiger partial charge is 0.323 e. The summed E-state index contributed by atoms with van der Waals surface area (Å²) in [6.45, 7) is 1.87. The molecule has 6 aromatic heterocycles. The van der Waals surface area contributed by atoms with E-state index in [2.05, 4.69) is 51.5 Å². The lowest BCUT2D eigenvalue weighted by Crippen LogP contribution is -2.21. The van der Waals surface area contributed by atoms with Crippen molar-refractivity contribution in [2.45, 2.75) is 38.6 Å². The van der Waals surface area contributed by atoms with E-state index in [0.29, 0.717) is 28.9 Å². The van der Waals surface area contributed by atoms with Crippen molar-refractivity contribution in [1.29, 1.82) is 0 Å². The number of hydrogen-bond donors (Lipinski definition) is 4. The van der Waals surface area contributed by atoms with Crippen LogP contribution in [-0.2, 0) is 14.1 Å². The van der Waals surface area contributed by atoms with Crippen LogP contribution in [0.2, 0.25) is 0 Å². The highest BCUT2D eigenvalue weighted by Crippen LogP contribution is 2.34. The fourth-order valence-electron chi connectivity index (χ4n) is 7.11. The van der Waals surface area contributed by atoms with E-state index in [9.17, 15) is 27.2 Å². The minimum Gasteiger partial charge on any atom is -0.457 e. The van der Waals surface area contributed by atoms with Gasteiger partial charge >= 0.3 is 12.1 Å². The minimum absolute atomic E-state index is 0.0695. The second-order valence-corrected chi connectivity index (χ2v) is 15.2. The van der Waals surface area contributed by atoms with E-state index in [4.69, 9.17) is 9.47 Å². The summed E-state index contributed by atoms with van der Waals surface area (Å²) in [6.07, 6.45) is 18.2. The third-order valence-corrected chi connectivity index (χ3v) is 10.3. The van der Waals surface area contributed by atoms with E-state index in [1.807, 2.05) is 17.8 Å². The lowest BCUT2D eigenvalue weighted by molar-refractivity contribution is 0.261. The summed E-state index contributed by atoms with van der Waals surface area (Å²) in [4.78, 5) is 36.7. The van der Waals surface area contributed by atoms with Crippen molar-refractivity contribution in [3.63, 3.8) is 0 Å². The molecule has 0 bridgehead atoms. The van der Waals surface area contributed by atoms with Crippen LogP contribution in [0.3, 0.4) is 0 Å². The molecule has 0 atom stereocenters. The molecule has 0 aliphatic heterocycles. The zero-order valence-electron chi connectivity index (χ0n) is 36.0. The van der Waals surface area contributed by atoms with Gasteiger partial charge in [-0.2, -0.15) is 19.7 Å². The SMILES string of the molecule is Cc1c(NC(=O)Nc2ccc(Oc3ccnc(-c4cnn(C)c4)c3)c(F)c2F)cnn1C1CCCC1.Cn1cc(-c2cc(Oc3ccc(NC(=O)Nc4cncc(F)c4)c(F)c3)ccn2)cn1. The van der Waals surface area contributed by atoms with Crippen molar-refractivity contribution >= 4 is 34.8 Å². The molecule has 0 saturated heterocycles. The third-order valence-electron chi connectivity index (χ3n) is 10.3. The number of anilines is 4. The first-order valence-corrected chi connectivity index (χ1v) is 20.7. The largest absolute Gasteiger partial charge is 0.457 e. The first-order chi connectivity index (χ1) is 32.3. The van der Waals surface area contributed by atoms with Gasteiger partial charge in [-0.15, -0.1) is 0 Å². The number of carbonyl (C=O) groups excluding carboxylic acids is 2. The number of carbonyl (C=O) groups is 2. The van der Waals surface area contributed by atoms with Crippen molar-refractivity contribution < 1.29 is 36.6 Å². The maximum Gasteiger partial charge on any atom is 0.323 e. The summed E-state index contributed by atoms with van der Waals surface area (Å²) in [6, 6.07) is 13.0. The van der Waals surface area contributed by atoms with Gasteiger partial charge in [0, 0.05) is 74.3 Å². The molecule has 8 aromatic rings. The zero-order valence-corrected chi connectivity index (χ0v) is 36.0. The van der Waals surface area contributed by atoms with Gasteiger partial charge in [0.2, 0.25) is 5.82 Å². The molecular formula is C46H41F4N13O4. The maximum atomic E-state index is 14.8. The molecular weight excluding hydrogens is 875 g/mol. The summed E-state index contributed by atoms with van der Waals surface area (Å²) in [5, 5.41) is 22.3. The second kappa shape index (κ2) is 20.0. The number of benzene rings is 2. The average Bonchev–Trinajstić information content (AvgIpc) is 4.15. The molecule has 1 aliphatic rings. The number of rotatable bonds is 11. The molecule has 2 aromatic carbocycles. The minimum atomic E-state index is -1.23. The Morgan fingerprint density at radius 2 is 1.22 bits per heavy atom. The molecule has 0 radical (unpaired) electrons. The van der Waals surface area contributed by atoms with Gasteiger partial charge in [0.1, 0.15) is 28.9 Å². The molecule has 67 heavy (non-hydrogen) atoms.